The summed E-state index contributed by atoms with van der Waals surface area (Å²) in [6, 6.07) is 16.1. The van der Waals surface area contributed by atoms with E-state index in [0.717, 1.165) is 22.2 Å². The lowest BCUT2D eigenvalue weighted by Crippen LogP contribution is -2.00. The predicted molar refractivity (Wildman–Crippen MR) is 78.8 cm³/mol. The third-order valence-electron chi connectivity index (χ3n) is 3.57. The minimum atomic E-state index is -0.0859. The Labute approximate surface area is 115 Å². The van der Waals surface area contributed by atoms with E-state index in [2.05, 4.69) is 22.1 Å². The molecular weight excluding hydrogens is 250 g/mol. The highest BCUT2D eigenvalue weighted by Gasteiger charge is 2.11. The minimum absolute atomic E-state index is 0.0859. The first kappa shape index (κ1) is 11.3. The summed E-state index contributed by atoms with van der Waals surface area (Å²) < 4.78 is 2.00. The van der Waals surface area contributed by atoms with Crippen molar-refractivity contribution < 1.29 is 5.11 Å². The van der Waals surface area contributed by atoms with Gasteiger partial charge in [0.15, 0.2) is 0 Å². The fourth-order valence-electron chi connectivity index (χ4n) is 2.64. The molecule has 0 aliphatic heterocycles. The molecule has 0 unspecified atom stereocenters. The van der Waals surface area contributed by atoms with Crippen molar-refractivity contribution in [2.45, 2.75) is 6.61 Å². The van der Waals surface area contributed by atoms with Crippen LogP contribution in [0, 0.1) is 0 Å². The van der Waals surface area contributed by atoms with Crippen LogP contribution in [-0.2, 0) is 6.61 Å². The molecule has 0 fully saturated rings. The van der Waals surface area contributed by atoms with Gasteiger partial charge in [-0.2, -0.15) is 0 Å². The fraction of sp³-hybridized carbons (Fsp3) is 0.0625. The summed E-state index contributed by atoms with van der Waals surface area (Å²) in [6.07, 6.45) is 1.92. The summed E-state index contributed by atoms with van der Waals surface area (Å²) >= 11 is 0. The minimum Gasteiger partial charge on any atom is -0.388 e. The lowest BCUT2D eigenvalue weighted by atomic mass is 10.2. The smallest absolute Gasteiger partial charge is 0.140 e. The summed E-state index contributed by atoms with van der Waals surface area (Å²) in [4.78, 5) is 7.69. The number of benzene rings is 2. The molecule has 4 aromatic rings. The molecular formula is C16H13N3O. The third kappa shape index (κ3) is 1.55. The molecule has 0 bridgehead atoms. The number of imidazole rings is 1. The van der Waals surface area contributed by atoms with Crippen molar-refractivity contribution >= 4 is 21.9 Å². The highest BCUT2D eigenvalue weighted by molar-refractivity contribution is 5.83. The normalized spacial score (nSPS) is 11.4. The van der Waals surface area contributed by atoms with Crippen LogP contribution in [0.3, 0.4) is 0 Å². The van der Waals surface area contributed by atoms with Crippen LogP contribution in [-0.4, -0.2) is 19.6 Å². The number of nitrogens with zero attached hydrogens (tertiary/aromatic N) is 2. The first-order chi connectivity index (χ1) is 9.86. The summed E-state index contributed by atoms with van der Waals surface area (Å²) in [6.45, 7) is -0.0859. The van der Waals surface area contributed by atoms with Crippen LogP contribution >= 0.6 is 0 Å². The summed E-state index contributed by atoms with van der Waals surface area (Å²) in [5.74, 6) is 0.650. The Morgan fingerprint density at radius 2 is 2.00 bits per heavy atom. The molecule has 0 saturated heterocycles. The Morgan fingerprint density at radius 1 is 1.10 bits per heavy atom. The van der Waals surface area contributed by atoms with E-state index >= 15 is 0 Å². The maximum absolute atomic E-state index is 9.56. The molecule has 0 radical (unpaired) electrons. The van der Waals surface area contributed by atoms with Gasteiger partial charge in [0.25, 0.3) is 0 Å². The zero-order chi connectivity index (χ0) is 13.5. The number of H-pyrrole nitrogens is 1. The molecule has 0 spiro atoms. The molecule has 0 amide bonds. The summed E-state index contributed by atoms with van der Waals surface area (Å²) in [5, 5.41) is 10.7. The Bertz CT molecular complexity index is 904. The molecule has 2 heterocycles. The number of hydrogen-bond acceptors (Lipinski definition) is 2. The van der Waals surface area contributed by atoms with Gasteiger partial charge >= 0.3 is 0 Å². The van der Waals surface area contributed by atoms with E-state index in [0.29, 0.717) is 5.82 Å². The van der Waals surface area contributed by atoms with Crippen LogP contribution in [0.4, 0.5) is 0 Å². The molecule has 0 saturated carbocycles. The molecule has 4 heteroatoms. The summed E-state index contributed by atoms with van der Waals surface area (Å²) in [5.41, 5.74) is 3.97. The number of aliphatic hydroxyl groups excluding tert-OH is 1. The van der Waals surface area contributed by atoms with Crippen molar-refractivity contribution in [2.75, 3.05) is 0 Å². The van der Waals surface area contributed by atoms with E-state index in [1.165, 1.54) is 5.39 Å². The standard InChI is InChI=1S/C16H13N3O/c20-10-16-18-13-3-1-2-4-15(13)19(16)12-6-5-11-7-8-17-14(11)9-12/h1-9,17,20H,10H2. The molecule has 4 rings (SSSR count). The van der Waals surface area contributed by atoms with E-state index in [9.17, 15) is 5.11 Å². The Hall–Kier alpha value is -2.59. The second-order valence-electron chi connectivity index (χ2n) is 4.76. The average molecular weight is 263 g/mol. The quantitative estimate of drug-likeness (QED) is 0.584. The van der Waals surface area contributed by atoms with Crippen molar-refractivity contribution in [1.82, 2.24) is 14.5 Å². The molecule has 4 nitrogen and oxygen atoms in total. The van der Waals surface area contributed by atoms with Crippen molar-refractivity contribution in [3.05, 3.63) is 60.6 Å². The zero-order valence-electron chi connectivity index (χ0n) is 10.7. The van der Waals surface area contributed by atoms with Crippen LogP contribution < -0.4 is 0 Å². The van der Waals surface area contributed by atoms with Gasteiger partial charge in [-0.1, -0.05) is 18.2 Å². The Kier molecular flexibility index (Phi) is 2.37. The second-order valence-corrected chi connectivity index (χ2v) is 4.76. The zero-order valence-corrected chi connectivity index (χ0v) is 10.7. The topological polar surface area (TPSA) is 53.8 Å². The second kappa shape index (κ2) is 4.21. The maximum atomic E-state index is 9.56. The number of fused-ring (bicyclic) bond motifs is 2. The van der Waals surface area contributed by atoms with Gasteiger partial charge < -0.3 is 10.1 Å². The van der Waals surface area contributed by atoms with Crippen molar-refractivity contribution in [1.29, 1.82) is 0 Å². The Morgan fingerprint density at radius 3 is 2.90 bits per heavy atom. The molecule has 2 aromatic carbocycles. The lowest BCUT2D eigenvalue weighted by Gasteiger charge is -2.08. The molecule has 2 N–H and O–H groups in total. The van der Waals surface area contributed by atoms with Gasteiger partial charge in [-0.05, 0) is 35.7 Å². The van der Waals surface area contributed by atoms with Crippen LogP contribution in [0.2, 0.25) is 0 Å². The molecule has 2 aromatic heterocycles. The van der Waals surface area contributed by atoms with Gasteiger partial charge in [0, 0.05) is 17.4 Å². The number of hydrogen-bond donors (Lipinski definition) is 2. The van der Waals surface area contributed by atoms with Crippen molar-refractivity contribution in [2.24, 2.45) is 0 Å². The van der Waals surface area contributed by atoms with E-state index in [1.807, 2.05) is 47.2 Å². The molecule has 0 aliphatic carbocycles. The lowest BCUT2D eigenvalue weighted by molar-refractivity contribution is 0.270. The van der Waals surface area contributed by atoms with E-state index in [-0.39, 0.29) is 6.61 Å². The van der Waals surface area contributed by atoms with E-state index < -0.39 is 0 Å². The first-order valence-corrected chi connectivity index (χ1v) is 6.51. The van der Waals surface area contributed by atoms with Crippen LogP contribution in [0.5, 0.6) is 0 Å². The molecule has 98 valence electrons. The monoisotopic (exact) mass is 263 g/mol. The van der Waals surface area contributed by atoms with E-state index in [1.54, 1.807) is 0 Å². The average Bonchev–Trinajstić information content (AvgIpc) is 3.09. The SMILES string of the molecule is OCc1nc2ccccc2n1-c1ccc2cc[nH]c2c1. The molecule has 0 atom stereocenters. The maximum Gasteiger partial charge on any atom is 0.140 e. The van der Waals surface area contributed by atoms with Crippen molar-refractivity contribution in [3.63, 3.8) is 0 Å². The van der Waals surface area contributed by atoms with Gasteiger partial charge in [0.1, 0.15) is 12.4 Å². The van der Waals surface area contributed by atoms with E-state index in [4.69, 9.17) is 0 Å². The highest BCUT2D eigenvalue weighted by atomic mass is 16.3. The van der Waals surface area contributed by atoms with Gasteiger partial charge in [-0.25, -0.2) is 4.98 Å². The number of nitrogens with one attached hydrogen (secondary N) is 1. The molecule has 20 heavy (non-hydrogen) atoms. The summed E-state index contributed by atoms with van der Waals surface area (Å²) in [7, 11) is 0. The molecule has 0 aliphatic rings. The third-order valence-corrected chi connectivity index (χ3v) is 3.57. The number of para-hydroxylation sites is 2. The Balaban J connectivity index is 2.04. The van der Waals surface area contributed by atoms with Crippen LogP contribution in [0.25, 0.3) is 27.6 Å². The number of aliphatic hydroxyl groups is 1. The highest BCUT2D eigenvalue weighted by Crippen LogP contribution is 2.24. The van der Waals surface area contributed by atoms with Crippen molar-refractivity contribution in [3.8, 4) is 5.69 Å². The number of aromatic amines is 1. The first-order valence-electron chi connectivity index (χ1n) is 6.51. The number of rotatable bonds is 2. The van der Waals surface area contributed by atoms with Crippen LogP contribution in [0.1, 0.15) is 5.82 Å². The number of aromatic nitrogens is 3. The van der Waals surface area contributed by atoms with Gasteiger partial charge in [-0.15, -0.1) is 0 Å². The predicted octanol–water partition coefficient (Wildman–Crippen LogP) is 3.00. The van der Waals surface area contributed by atoms with Gasteiger partial charge in [0.05, 0.1) is 11.0 Å². The van der Waals surface area contributed by atoms with Crippen LogP contribution in [0.15, 0.2) is 54.7 Å². The largest absolute Gasteiger partial charge is 0.388 e. The van der Waals surface area contributed by atoms with Gasteiger partial charge in [-0.3, -0.25) is 4.57 Å². The fourth-order valence-corrected chi connectivity index (χ4v) is 2.64. The van der Waals surface area contributed by atoms with Gasteiger partial charge in [0.2, 0.25) is 0 Å².